The molecule has 80 valence electrons. The first kappa shape index (κ1) is 10.0. The van der Waals surface area contributed by atoms with Crippen molar-refractivity contribution in [2.75, 3.05) is 13.2 Å². The molecule has 1 heterocycles. The highest BCUT2D eigenvalue weighted by atomic mass is 16.6. The van der Waals surface area contributed by atoms with Crippen LogP contribution in [0.5, 0.6) is 0 Å². The number of nitrogens with zero attached hydrogens (tertiary/aromatic N) is 1. The van der Waals surface area contributed by atoms with Crippen molar-refractivity contribution < 1.29 is 9.53 Å². The number of amides is 1. The van der Waals surface area contributed by atoms with E-state index in [9.17, 15) is 4.79 Å². The van der Waals surface area contributed by atoms with Crippen molar-refractivity contribution in [2.45, 2.75) is 19.4 Å². The van der Waals surface area contributed by atoms with E-state index in [1.807, 2.05) is 44.2 Å². The molecule has 0 spiro atoms. The van der Waals surface area contributed by atoms with Gasteiger partial charge in [0.15, 0.2) is 0 Å². The highest BCUT2D eigenvalue weighted by molar-refractivity contribution is 5.70. The zero-order valence-corrected chi connectivity index (χ0v) is 9.06. The van der Waals surface area contributed by atoms with Crippen molar-refractivity contribution in [3.63, 3.8) is 0 Å². The molecule has 1 amide bonds. The van der Waals surface area contributed by atoms with Crippen LogP contribution in [0.25, 0.3) is 0 Å². The molecule has 1 aromatic rings. The van der Waals surface area contributed by atoms with E-state index in [0.29, 0.717) is 13.2 Å². The van der Waals surface area contributed by atoms with Gasteiger partial charge in [-0.1, -0.05) is 30.3 Å². The van der Waals surface area contributed by atoms with Gasteiger partial charge in [0.1, 0.15) is 6.61 Å². The number of benzene rings is 1. The smallest absolute Gasteiger partial charge is 0.410 e. The monoisotopic (exact) mass is 205 g/mol. The summed E-state index contributed by atoms with van der Waals surface area (Å²) in [5.41, 5.74) is 0.832. The lowest BCUT2D eigenvalue weighted by Gasteiger charge is -2.33. The van der Waals surface area contributed by atoms with E-state index in [-0.39, 0.29) is 11.6 Å². The Morgan fingerprint density at radius 1 is 1.27 bits per heavy atom. The fraction of sp³-hybridized carbons (Fsp3) is 0.417. The molecule has 0 bridgehead atoms. The molecular formula is C12H15NO2. The lowest BCUT2D eigenvalue weighted by Crippen LogP contribution is -2.42. The van der Waals surface area contributed by atoms with E-state index in [1.165, 1.54) is 0 Å². The predicted octanol–water partition coefficient (Wildman–Crippen LogP) is 2.37. The molecular weight excluding hydrogens is 190 g/mol. The molecule has 1 aromatic carbocycles. The van der Waals surface area contributed by atoms with E-state index in [2.05, 4.69) is 0 Å². The molecule has 1 aliphatic rings. The lowest BCUT2D eigenvalue weighted by atomic mass is 9.93. The zero-order valence-electron chi connectivity index (χ0n) is 9.06. The van der Waals surface area contributed by atoms with Crippen molar-refractivity contribution in [3.8, 4) is 0 Å². The third-order valence-electron chi connectivity index (χ3n) is 2.92. The van der Waals surface area contributed by atoms with Gasteiger partial charge >= 0.3 is 6.09 Å². The van der Waals surface area contributed by atoms with Gasteiger partial charge in [-0.2, -0.15) is 0 Å². The van der Waals surface area contributed by atoms with Crippen LogP contribution >= 0.6 is 0 Å². The van der Waals surface area contributed by atoms with Gasteiger partial charge in [-0.05, 0) is 19.4 Å². The third-order valence-corrected chi connectivity index (χ3v) is 2.92. The Balaban J connectivity index is 2.30. The van der Waals surface area contributed by atoms with Gasteiger partial charge in [0, 0.05) is 0 Å². The number of cyclic esters (lactones) is 1. The second-order valence-corrected chi connectivity index (χ2v) is 4.19. The molecule has 0 atom stereocenters. The average molecular weight is 205 g/mol. The van der Waals surface area contributed by atoms with Crippen LogP contribution < -0.4 is 0 Å². The van der Waals surface area contributed by atoms with Gasteiger partial charge in [0.05, 0.1) is 12.1 Å². The van der Waals surface area contributed by atoms with Gasteiger partial charge in [-0.25, -0.2) is 4.79 Å². The number of carbonyl (C=O) groups is 1. The van der Waals surface area contributed by atoms with Crippen molar-refractivity contribution in [3.05, 3.63) is 35.9 Å². The topological polar surface area (TPSA) is 29.5 Å². The van der Waals surface area contributed by atoms with E-state index in [1.54, 1.807) is 4.90 Å². The summed E-state index contributed by atoms with van der Waals surface area (Å²) in [5, 5.41) is 0. The Labute approximate surface area is 89.7 Å². The number of hydrogen-bond donors (Lipinski definition) is 0. The summed E-state index contributed by atoms with van der Waals surface area (Å²) in [6.07, 6.45) is -0.219. The second kappa shape index (κ2) is 3.57. The van der Waals surface area contributed by atoms with Crippen LogP contribution in [0.1, 0.15) is 19.4 Å². The quantitative estimate of drug-likeness (QED) is 0.741. The minimum absolute atomic E-state index is 0.219. The summed E-state index contributed by atoms with van der Waals surface area (Å²) in [6, 6.07) is 10.0. The molecule has 0 aromatic heterocycles. The van der Waals surface area contributed by atoms with Crippen molar-refractivity contribution in [2.24, 2.45) is 0 Å². The van der Waals surface area contributed by atoms with E-state index in [4.69, 9.17) is 4.74 Å². The van der Waals surface area contributed by atoms with Gasteiger partial charge in [-0.3, -0.25) is 4.90 Å². The molecule has 1 aliphatic heterocycles. The van der Waals surface area contributed by atoms with Gasteiger partial charge in [-0.15, -0.1) is 0 Å². The Morgan fingerprint density at radius 2 is 1.93 bits per heavy atom. The molecule has 1 saturated heterocycles. The fourth-order valence-electron chi connectivity index (χ4n) is 1.90. The first-order valence-corrected chi connectivity index (χ1v) is 5.12. The summed E-state index contributed by atoms with van der Waals surface area (Å²) >= 11 is 0. The van der Waals surface area contributed by atoms with Crippen molar-refractivity contribution in [1.29, 1.82) is 0 Å². The maximum Gasteiger partial charge on any atom is 0.410 e. The summed E-state index contributed by atoms with van der Waals surface area (Å²) in [5.74, 6) is 0. The molecule has 1 fully saturated rings. The Hall–Kier alpha value is -1.51. The van der Waals surface area contributed by atoms with Crippen LogP contribution in [0.15, 0.2) is 30.3 Å². The first-order chi connectivity index (χ1) is 7.12. The maximum absolute atomic E-state index is 11.5. The molecule has 0 N–H and O–H groups in total. The fourth-order valence-corrected chi connectivity index (χ4v) is 1.90. The summed E-state index contributed by atoms with van der Waals surface area (Å²) in [4.78, 5) is 13.3. The summed E-state index contributed by atoms with van der Waals surface area (Å²) in [6.45, 7) is 5.24. The molecule has 0 saturated carbocycles. The normalized spacial score (nSPS) is 16.7. The molecule has 0 unspecified atom stereocenters. The molecule has 0 radical (unpaired) electrons. The van der Waals surface area contributed by atoms with Crippen molar-refractivity contribution >= 4 is 6.09 Å². The minimum atomic E-state index is -0.297. The van der Waals surface area contributed by atoms with Crippen molar-refractivity contribution in [1.82, 2.24) is 4.90 Å². The van der Waals surface area contributed by atoms with E-state index in [0.717, 1.165) is 5.56 Å². The summed E-state index contributed by atoms with van der Waals surface area (Å²) < 4.78 is 4.96. The van der Waals surface area contributed by atoms with Crippen LogP contribution in [-0.4, -0.2) is 24.1 Å². The van der Waals surface area contributed by atoms with Crippen LogP contribution in [0, 0.1) is 0 Å². The number of rotatable bonds is 2. The standard InChI is InChI=1S/C12H15NO2/c1-12(2,10-6-4-3-5-7-10)13-8-9-15-11(13)14/h3-7H,8-9H2,1-2H3. The Kier molecular flexibility index (Phi) is 2.39. The molecule has 15 heavy (non-hydrogen) atoms. The third kappa shape index (κ3) is 1.69. The molecule has 3 nitrogen and oxygen atoms in total. The van der Waals surface area contributed by atoms with Gasteiger partial charge in [0.2, 0.25) is 0 Å². The second-order valence-electron chi connectivity index (χ2n) is 4.19. The zero-order chi connectivity index (χ0) is 10.9. The first-order valence-electron chi connectivity index (χ1n) is 5.12. The predicted molar refractivity (Wildman–Crippen MR) is 57.5 cm³/mol. The molecule has 3 heteroatoms. The van der Waals surface area contributed by atoms with Gasteiger partial charge in [0.25, 0.3) is 0 Å². The number of carbonyl (C=O) groups excluding carboxylic acids is 1. The largest absolute Gasteiger partial charge is 0.448 e. The van der Waals surface area contributed by atoms with Crippen LogP contribution in [-0.2, 0) is 10.3 Å². The number of ether oxygens (including phenoxy) is 1. The average Bonchev–Trinajstić information content (AvgIpc) is 2.66. The SMILES string of the molecule is CC(C)(c1ccccc1)N1CCOC1=O. The maximum atomic E-state index is 11.5. The highest BCUT2D eigenvalue weighted by Crippen LogP contribution is 2.29. The number of hydrogen-bond acceptors (Lipinski definition) is 2. The Bertz CT molecular complexity index is 359. The minimum Gasteiger partial charge on any atom is -0.448 e. The van der Waals surface area contributed by atoms with Crippen LogP contribution in [0.4, 0.5) is 4.79 Å². The van der Waals surface area contributed by atoms with Gasteiger partial charge < -0.3 is 4.74 Å². The highest BCUT2D eigenvalue weighted by Gasteiger charge is 2.36. The van der Waals surface area contributed by atoms with E-state index >= 15 is 0 Å². The lowest BCUT2D eigenvalue weighted by molar-refractivity contribution is 0.126. The summed E-state index contributed by atoms with van der Waals surface area (Å²) in [7, 11) is 0. The molecule has 2 rings (SSSR count). The Morgan fingerprint density at radius 3 is 2.47 bits per heavy atom. The molecule has 0 aliphatic carbocycles. The van der Waals surface area contributed by atoms with E-state index < -0.39 is 0 Å². The van der Waals surface area contributed by atoms with Crippen LogP contribution in [0.3, 0.4) is 0 Å². The van der Waals surface area contributed by atoms with Crippen LogP contribution in [0.2, 0.25) is 0 Å².